The lowest BCUT2D eigenvalue weighted by molar-refractivity contribution is 1.09. The van der Waals surface area contributed by atoms with E-state index in [-0.39, 0.29) is 0 Å². The summed E-state index contributed by atoms with van der Waals surface area (Å²) in [5.41, 5.74) is 3.60. The van der Waals surface area contributed by atoms with Gasteiger partial charge >= 0.3 is 0 Å². The number of hydrogen-bond acceptors (Lipinski definition) is 1. The van der Waals surface area contributed by atoms with Crippen LogP contribution in [0.3, 0.4) is 0 Å². The van der Waals surface area contributed by atoms with E-state index in [0.29, 0.717) is 0 Å². The summed E-state index contributed by atoms with van der Waals surface area (Å²) in [4.78, 5) is 7.51. The van der Waals surface area contributed by atoms with E-state index in [1.54, 1.807) is 6.20 Å². The fourth-order valence-corrected chi connectivity index (χ4v) is 1.89. The Hall–Kier alpha value is -2.09. The normalized spacial score (nSPS) is 10.8. The van der Waals surface area contributed by atoms with E-state index in [4.69, 9.17) is 0 Å². The molecule has 0 atom stereocenters. The predicted octanol–water partition coefficient (Wildman–Crippen LogP) is 2.95. The van der Waals surface area contributed by atoms with Crippen molar-refractivity contribution in [3.8, 4) is 0 Å². The fourth-order valence-electron chi connectivity index (χ4n) is 1.89. The molecule has 3 aromatic rings. The summed E-state index contributed by atoms with van der Waals surface area (Å²) in [7, 11) is 0. The highest BCUT2D eigenvalue weighted by molar-refractivity contribution is 5.80. The third-order valence-corrected chi connectivity index (χ3v) is 2.64. The quantitative estimate of drug-likeness (QED) is 0.687. The lowest BCUT2D eigenvalue weighted by Gasteiger charge is -1.96. The minimum Gasteiger partial charge on any atom is -0.358 e. The van der Waals surface area contributed by atoms with Gasteiger partial charge in [-0.05, 0) is 35.9 Å². The number of fused-ring (bicyclic) bond motifs is 1. The molecule has 2 heteroatoms. The van der Waals surface area contributed by atoms with Gasteiger partial charge < -0.3 is 4.98 Å². The van der Waals surface area contributed by atoms with Gasteiger partial charge in [-0.15, -0.1) is 0 Å². The maximum atomic E-state index is 4.11. The third kappa shape index (κ3) is 1.70. The number of aromatic nitrogens is 2. The molecule has 2 aromatic heterocycles. The molecule has 77 valence electrons. The van der Waals surface area contributed by atoms with Gasteiger partial charge in [0.15, 0.2) is 0 Å². The Balaban J connectivity index is 1.95. The molecule has 2 nitrogen and oxygen atoms in total. The molecule has 0 aliphatic carbocycles. The van der Waals surface area contributed by atoms with E-state index in [0.717, 1.165) is 11.9 Å². The van der Waals surface area contributed by atoms with Crippen LogP contribution in [-0.4, -0.2) is 9.97 Å². The molecule has 0 bridgehead atoms. The van der Waals surface area contributed by atoms with E-state index in [9.17, 15) is 0 Å². The highest BCUT2D eigenvalue weighted by atomic mass is 14.7. The summed E-state index contributed by atoms with van der Waals surface area (Å²) in [6, 6.07) is 15.3. The van der Waals surface area contributed by atoms with Crippen molar-refractivity contribution >= 4 is 10.9 Å². The van der Waals surface area contributed by atoms with Gasteiger partial charge in [-0.1, -0.05) is 12.1 Å². The van der Waals surface area contributed by atoms with Crippen LogP contribution in [0.1, 0.15) is 11.3 Å². The molecule has 0 aliphatic heterocycles. The first-order valence-corrected chi connectivity index (χ1v) is 5.28. The Morgan fingerprint density at radius 1 is 1.31 bits per heavy atom. The van der Waals surface area contributed by atoms with E-state index >= 15 is 0 Å². The Morgan fingerprint density at radius 2 is 2.31 bits per heavy atom. The van der Waals surface area contributed by atoms with Crippen LogP contribution in [0.4, 0.5) is 0 Å². The number of pyridine rings is 1. The first kappa shape index (κ1) is 9.16. The topological polar surface area (TPSA) is 28.7 Å². The molecule has 0 saturated heterocycles. The highest BCUT2D eigenvalue weighted by Gasteiger charge is 2.00. The van der Waals surface area contributed by atoms with Crippen LogP contribution in [-0.2, 0) is 6.42 Å². The van der Waals surface area contributed by atoms with Gasteiger partial charge in [0, 0.05) is 35.4 Å². The Bertz CT molecular complexity index is 563. The van der Waals surface area contributed by atoms with Crippen molar-refractivity contribution in [1.82, 2.24) is 9.97 Å². The van der Waals surface area contributed by atoms with Crippen LogP contribution in [0.15, 0.2) is 48.8 Å². The second-order valence-corrected chi connectivity index (χ2v) is 3.85. The molecule has 16 heavy (non-hydrogen) atoms. The largest absolute Gasteiger partial charge is 0.358 e. The fraction of sp³-hybridized carbons (Fsp3) is 0.0714. The minimum absolute atomic E-state index is 0.891. The van der Waals surface area contributed by atoms with Crippen LogP contribution in [0.25, 0.3) is 10.9 Å². The molecule has 0 unspecified atom stereocenters. The first-order valence-electron chi connectivity index (χ1n) is 5.28. The molecule has 0 fully saturated rings. The number of rotatable bonds is 2. The Kier molecular flexibility index (Phi) is 2.18. The maximum Gasteiger partial charge on any atom is 0.0456 e. The summed E-state index contributed by atoms with van der Waals surface area (Å²) in [5.74, 6) is 0. The second-order valence-electron chi connectivity index (χ2n) is 3.85. The number of aromatic amines is 1. The number of H-pyrrole nitrogens is 1. The van der Waals surface area contributed by atoms with Crippen LogP contribution >= 0.6 is 0 Å². The van der Waals surface area contributed by atoms with Crippen molar-refractivity contribution in [3.05, 3.63) is 66.1 Å². The molecule has 2 heterocycles. The van der Waals surface area contributed by atoms with E-state index in [2.05, 4.69) is 28.2 Å². The Morgan fingerprint density at radius 3 is 3.12 bits per heavy atom. The molecule has 0 spiro atoms. The zero-order chi connectivity index (χ0) is 10.8. The monoisotopic (exact) mass is 207 g/mol. The molecular weight excluding hydrogens is 196 g/mol. The summed E-state index contributed by atoms with van der Waals surface area (Å²) in [6.45, 7) is 0. The third-order valence-electron chi connectivity index (χ3n) is 2.64. The van der Waals surface area contributed by atoms with Crippen LogP contribution in [0.5, 0.6) is 0 Å². The van der Waals surface area contributed by atoms with Crippen molar-refractivity contribution in [2.45, 2.75) is 6.42 Å². The van der Waals surface area contributed by atoms with Gasteiger partial charge in [0.25, 0.3) is 0 Å². The molecule has 0 saturated carbocycles. The van der Waals surface area contributed by atoms with Crippen molar-refractivity contribution in [3.63, 3.8) is 0 Å². The zero-order valence-corrected chi connectivity index (χ0v) is 8.77. The van der Waals surface area contributed by atoms with Crippen molar-refractivity contribution in [2.75, 3.05) is 0 Å². The standard InChI is InChI=1S/C14H11N2/c1-2-6-14-12(5-1)9-13(16-14)8-11-4-3-7-15-10-11/h2-7,9-10,16H,8H2. The molecule has 1 N–H and O–H groups in total. The number of nitrogens with zero attached hydrogens (tertiary/aromatic N) is 1. The number of nitrogens with one attached hydrogen (secondary N) is 1. The van der Waals surface area contributed by atoms with Gasteiger partial charge in [-0.3, -0.25) is 4.98 Å². The maximum absolute atomic E-state index is 4.11. The van der Waals surface area contributed by atoms with Crippen molar-refractivity contribution < 1.29 is 0 Å². The first-order chi connectivity index (χ1) is 7.92. The smallest absolute Gasteiger partial charge is 0.0456 e. The van der Waals surface area contributed by atoms with Gasteiger partial charge in [0.05, 0.1) is 0 Å². The van der Waals surface area contributed by atoms with Crippen LogP contribution < -0.4 is 0 Å². The Labute approximate surface area is 94.0 Å². The van der Waals surface area contributed by atoms with Gasteiger partial charge in [-0.25, -0.2) is 0 Å². The average molecular weight is 207 g/mol. The molecule has 0 amide bonds. The second kappa shape index (κ2) is 3.81. The number of benzene rings is 1. The van der Waals surface area contributed by atoms with E-state index in [1.807, 2.05) is 30.5 Å². The minimum atomic E-state index is 0.891. The lowest BCUT2D eigenvalue weighted by Crippen LogP contribution is -1.88. The van der Waals surface area contributed by atoms with Crippen LogP contribution in [0.2, 0.25) is 0 Å². The van der Waals surface area contributed by atoms with Crippen molar-refractivity contribution in [1.29, 1.82) is 0 Å². The lowest BCUT2D eigenvalue weighted by atomic mass is 10.1. The summed E-state index contributed by atoms with van der Waals surface area (Å²) in [5, 5.41) is 1.21. The molecule has 3 rings (SSSR count). The number of hydrogen-bond donors (Lipinski definition) is 1. The van der Waals surface area contributed by atoms with E-state index < -0.39 is 0 Å². The molecule has 1 aromatic carbocycles. The average Bonchev–Trinajstić information content (AvgIpc) is 2.72. The summed E-state index contributed by atoms with van der Waals surface area (Å²) in [6.07, 6.45) is 4.59. The van der Waals surface area contributed by atoms with Gasteiger partial charge in [0.2, 0.25) is 0 Å². The zero-order valence-electron chi connectivity index (χ0n) is 8.77. The highest BCUT2D eigenvalue weighted by Crippen LogP contribution is 2.16. The van der Waals surface area contributed by atoms with E-state index in [1.165, 1.54) is 16.6 Å². The molecular formula is C14H11N2. The molecule has 0 aliphatic rings. The van der Waals surface area contributed by atoms with Crippen LogP contribution in [0, 0.1) is 6.07 Å². The van der Waals surface area contributed by atoms with Crippen molar-refractivity contribution in [2.24, 2.45) is 0 Å². The predicted molar refractivity (Wildman–Crippen MR) is 64.2 cm³/mol. The SMILES string of the molecule is [c]1ccc2[nH]c(Cc3cccnc3)cc2c1. The summed E-state index contributed by atoms with van der Waals surface area (Å²) >= 11 is 0. The molecule has 1 radical (unpaired) electrons. The van der Waals surface area contributed by atoms with Gasteiger partial charge in [0.1, 0.15) is 0 Å². The van der Waals surface area contributed by atoms with Gasteiger partial charge in [-0.2, -0.15) is 0 Å². The summed E-state index contributed by atoms with van der Waals surface area (Å²) < 4.78 is 0.